The first-order valence-electron chi connectivity index (χ1n) is 4.11. The molecule has 1 atom stereocenters. The second-order valence-corrected chi connectivity index (χ2v) is 4.29. The number of benzene rings is 1. The molecule has 4 nitrogen and oxygen atoms in total. The van der Waals surface area contributed by atoms with Crippen molar-refractivity contribution < 1.29 is 4.92 Å². The zero-order valence-corrected chi connectivity index (χ0v) is 10.1. The van der Waals surface area contributed by atoms with Crippen LogP contribution in [0.25, 0.3) is 0 Å². The molecule has 1 aromatic rings. The van der Waals surface area contributed by atoms with Gasteiger partial charge in [0.15, 0.2) is 0 Å². The molecule has 0 aliphatic rings. The second kappa shape index (κ2) is 5.35. The van der Waals surface area contributed by atoms with Crippen LogP contribution < -0.4 is 0 Å². The van der Waals surface area contributed by atoms with E-state index in [2.05, 4.69) is 0 Å². The monoisotopic (exact) mass is 278 g/mol. The Morgan fingerprint density at radius 1 is 1.44 bits per heavy atom. The fourth-order valence-electron chi connectivity index (χ4n) is 1.11. The zero-order valence-electron chi connectivity index (χ0n) is 7.78. The van der Waals surface area contributed by atoms with E-state index in [4.69, 9.17) is 40.1 Å². The minimum absolute atomic E-state index is 0.139. The Hall–Kier alpha value is -1.02. The molecule has 16 heavy (non-hydrogen) atoms. The molecule has 0 amide bonds. The molecule has 0 radical (unpaired) electrons. The van der Waals surface area contributed by atoms with Crippen molar-refractivity contribution in [2.75, 3.05) is 0 Å². The molecule has 0 bridgehead atoms. The molecule has 0 spiro atoms. The Labute approximate surface area is 106 Å². The number of nitriles is 1. The molecular formula is C9H5Cl3N2O2. The molecule has 1 rings (SSSR count). The molecule has 0 heterocycles. The van der Waals surface area contributed by atoms with Crippen molar-refractivity contribution in [3.8, 4) is 6.07 Å². The van der Waals surface area contributed by atoms with E-state index < -0.39 is 10.3 Å². The largest absolute Gasteiger partial charge is 0.272 e. The van der Waals surface area contributed by atoms with Gasteiger partial charge in [0.05, 0.1) is 21.0 Å². The van der Waals surface area contributed by atoms with Crippen LogP contribution >= 0.6 is 34.8 Å². The van der Waals surface area contributed by atoms with Crippen LogP contribution in [0.4, 0.5) is 5.69 Å². The lowest BCUT2D eigenvalue weighted by Gasteiger charge is -2.06. The Balaban J connectivity index is 3.13. The van der Waals surface area contributed by atoms with Gasteiger partial charge in [-0.05, 0) is 5.56 Å². The van der Waals surface area contributed by atoms with Crippen LogP contribution in [0.5, 0.6) is 0 Å². The Morgan fingerprint density at radius 2 is 1.94 bits per heavy atom. The average Bonchev–Trinajstić information content (AvgIpc) is 2.22. The van der Waals surface area contributed by atoms with Crippen molar-refractivity contribution in [1.82, 2.24) is 0 Å². The highest BCUT2D eigenvalue weighted by Crippen LogP contribution is 2.31. The summed E-state index contributed by atoms with van der Waals surface area (Å²) in [7, 11) is 0. The summed E-state index contributed by atoms with van der Waals surface area (Å²) in [4.78, 5) is 9.91. The van der Waals surface area contributed by atoms with E-state index in [1.165, 1.54) is 12.1 Å². The molecule has 0 aliphatic carbocycles. The van der Waals surface area contributed by atoms with Gasteiger partial charge >= 0.3 is 0 Å². The number of alkyl halides is 1. The van der Waals surface area contributed by atoms with Gasteiger partial charge in [-0.3, -0.25) is 10.1 Å². The molecule has 0 saturated carbocycles. The number of non-ortho nitro benzene ring substituents is 1. The Morgan fingerprint density at radius 3 is 2.31 bits per heavy atom. The Kier molecular flexibility index (Phi) is 4.36. The van der Waals surface area contributed by atoms with Crippen LogP contribution in [0.3, 0.4) is 0 Å². The van der Waals surface area contributed by atoms with Gasteiger partial charge in [-0.25, -0.2) is 0 Å². The summed E-state index contributed by atoms with van der Waals surface area (Å²) in [5, 5.41) is 18.6. The summed E-state index contributed by atoms with van der Waals surface area (Å²) in [6.45, 7) is 0. The summed E-state index contributed by atoms with van der Waals surface area (Å²) < 4.78 is 0. The van der Waals surface area contributed by atoms with Crippen LogP contribution in [0.1, 0.15) is 5.56 Å². The normalized spacial score (nSPS) is 11.9. The van der Waals surface area contributed by atoms with Crippen molar-refractivity contribution >= 4 is 40.5 Å². The van der Waals surface area contributed by atoms with E-state index in [0.717, 1.165) is 0 Å². The van der Waals surface area contributed by atoms with Gasteiger partial charge < -0.3 is 0 Å². The quantitative estimate of drug-likeness (QED) is 0.482. The minimum Gasteiger partial charge on any atom is -0.258 e. The summed E-state index contributed by atoms with van der Waals surface area (Å²) in [5.41, 5.74) is 0.248. The van der Waals surface area contributed by atoms with Gasteiger partial charge in [-0.1, -0.05) is 23.2 Å². The van der Waals surface area contributed by atoms with Crippen LogP contribution in [-0.2, 0) is 6.42 Å². The van der Waals surface area contributed by atoms with Gasteiger partial charge in [-0.15, -0.1) is 11.6 Å². The molecule has 0 aromatic heterocycles. The topological polar surface area (TPSA) is 66.9 Å². The average molecular weight is 280 g/mol. The lowest BCUT2D eigenvalue weighted by Crippen LogP contribution is -2.02. The first kappa shape index (κ1) is 13.0. The van der Waals surface area contributed by atoms with Gasteiger partial charge in [0.1, 0.15) is 5.38 Å². The van der Waals surface area contributed by atoms with Gasteiger partial charge in [-0.2, -0.15) is 5.26 Å². The number of nitro groups is 1. The first-order valence-corrected chi connectivity index (χ1v) is 5.31. The third kappa shape index (κ3) is 2.99. The van der Waals surface area contributed by atoms with Crippen molar-refractivity contribution in [1.29, 1.82) is 5.26 Å². The summed E-state index contributed by atoms with van der Waals surface area (Å²) in [5.74, 6) is 0. The van der Waals surface area contributed by atoms with E-state index in [-0.39, 0.29) is 22.2 Å². The molecule has 84 valence electrons. The standard InChI is InChI=1S/C9H5Cl3N2O2/c10-5(4-13)1-7-8(11)2-6(14(15)16)3-9(7)12/h2-3,5H,1H2. The smallest absolute Gasteiger partial charge is 0.258 e. The minimum atomic E-state index is -0.767. The van der Waals surface area contributed by atoms with Gasteiger partial charge in [0.25, 0.3) is 5.69 Å². The predicted molar refractivity (Wildman–Crippen MR) is 62.1 cm³/mol. The fourth-order valence-corrected chi connectivity index (χ4v) is 1.90. The highest BCUT2D eigenvalue weighted by molar-refractivity contribution is 6.36. The predicted octanol–water partition coefficient (Wildman–Crippen LogP) is 3.58. The lowest BCUT2D eigenvalue weighted by atomic mass is 10.1. The van der Waals surface area contributed by atoms with Crippen LogP contribution in [-0.4, -0.2) is 10.3 Å². The third-order valence-electron chi connectivity index (χ3n) is 1.86. The summed E-state index contributed by atoms with van der Waals surface area (Å²) >= 11 is 17.3. The number of nitro benzene ring substituents is 1. The number of halogens is 3. The summed E-state index contributed by atoms with van der Waals surface area (Å²) in [6.07, 6.45) is 0.147. The Bertz CT molecular complexity index is 447. The number of nitrogens with zero attached hydrogens (tertiary/aromatic N) is 2. The van der Waals surface area contributed by atoms with Crippen molar-refractivity contribution in [2.45, 2.75) is 11.8 Å². The molecular weight excluding hydrogens is 274 g/mol. The highest BCUT2D eigenvalue weighted by Gasteiger charge is 2.16. The summed E-state index contributed by atoms with van der Waals surface area (Å²) in [6, 6.07) is 4.19. The van der Waals surface area contributed by atoms with Crippen LogP contribution in [0.15, 0.2) is 12.1 Å². The maximum Gasteiger partial charge on any atom is 0.272 e. The maximum atomic E-state index is 10.5. The molecule has 0 saturated heterocycles. The first-order chi connectivity index (χ1) is 7.45. The van der Waals surface area contributed by atoms with E-state index in [1.54, 1.807) is 0 Å². The number of hydrogen-bond donors (Lipinski definition) is 0. The van der Waals surface area contributed by atoms with Crippen molar-refractivity contribution in [2.24, 2.45) is 0 Å². The molecule has 0 N–H and O–H groups in total. The molecule has 0 aliphatic heterocycles. The van der Waals surface area contributed by atoms with E-state index in [9.17, 15) is 10.1 Å². The number of hydrogen-bond acceptors (Lipinski definition) is 3. The maximum absolute atomic E-state index is 10.5. The van der Waals surface area contributed by atoms with Crippen molar-refractivity contribution in [3.63, 3.8) is 0 Å². The van der Waals surface area contributed by atoms with E-state index in [1.807, 2.05) is 6.07 Å². The highest BCUT2D eigenvalue weighted by atomic mass is 35.5. The fraction of sp³-hybridized carbons (Fsp3) is 0.222. The zero-order chi connectivity index (χ0) is 12.3. The van der Waals surface area contributed by atoms with Crippen molar-refractivity contribution in [3.05, 3.63) is 37.9 Å². The van der Waals surface area contributed by atoms with Crippen LogP contribution in [0, 0.1) is 21.4 Å². The number of rotatable bonds is 3. The lowest BCUT2D eigenvalue weighted by molar-refractivity contribution is -0.384. The van der Waals surface area contributed by atoms with Crippen LogP contribution in [0.2, 0.25) is 10.0 Å². The third-order valence-corrected chi connectivity index (χ3v) is 2.79. The van der Waals surface area contributed by atoms with E-state index in [0.29, 0.717) is 5.56 Å². The van der Waals surface area contributed by atoms with Gasteiger partial charge in [0.2, 0.25) is 0 Å². The molecule has 1 unspecified atom stereocenters. The molecule has 1 aromatic carbocycles. The van der Waals surface area contributed by atoms with Gasteiger partial charge in [0, 0.05) is 18.6 Å². The SMILES string of the molecule is N#CC(Cl)Cc1c(Cl)cc([N+](=O)[O-])cc1Cl. The molecule has 7 heteroatoms. The second-order valence-electron chi connectivity index (χ2n) is 2.95. The van der Waals surface area contributed by atoms with E-state index >= 15 is 0 Å². The molecule has 0 fully saturated rings.